The predicted molar refractivity (Wildman–Crippen MR) is 33.2 cm³/mol. The van der Waals surface area contributed by atoms with Crippen LogP contribution in [0.3, 0.4) is 0 Å². The van der Waals surface area contributed by atoms with E-state index in [1.54, 1.807) is 0 Å². The number of rotatable bonds is 1. The third-order valence-corrected chi connectivity index (χ3v) is 1.41. The zero-order chi connectivity index (χ0) is 5.82. The van der Waals surface area contributed by atoms with Crippen LogP contribution in [-0.2, 0) is 0 Å². The van der Waals surface area contributed by atoms with Gasteiger partial charge in [-0.1, -0.05) is 0 Å². The van der Waals surface area contributed by atoms with Crippen LogP contribution in [0.5, 0.6) is 0 Å². The third kappa shape index (κ3) is 1.30. The maximum Gasteiger partial charge on any atom is 0.0508 e. The Bertz CT molecular complexity index is 90.5. The zero-order valence-electron chi connectivity index (χ0n) is 4.88. The summed E-state index contributed by atoms with van der Waals surface area (Å²) in [5.41, 5.74) is 0. The van der Waals surface area contributed by atoms with Gasteiger partial charge in [0.25, 0.3) is 0 Å². The second-order valence-electron chi connectivity index (χ2n) is 2.14. The van der Waals surface area contributed by atoms with E-state index in [0.29, 0.717) is 5.92 Å². The number of hydrogen-bond donors (Lipinski definition) is 1. The van der Waals surface area contributed by atoms with Gasteiger partial charge in [-0.2, -0.15) is 0 Å². The molecule has 1 atom stereocenters. The van der Waals surface area contributed by atoms with Crippen LogP contribution in [0.25, 0.3) is 0 Å². The van der Waals surface area contributed by atoms with Gasteiger partial charge in [0.1, 0.15) is 0 Å². The molecule has 2 nitrogen and oxygen atoms in total. The molecule has 1 aliphatic heterocycles. The first kappa shape index (κ1) is 5.76. The molecule has 1 rings (SSSR count). The smallest absolute Gasteiger partial charge is 0.0508 e. The van der Waals surface area contributed by atoms with Crippen LogP contribution >= 0.6 is 0 Å². The van der Waals surface area contributed by atoms with E-state index in [0.717, 1.165) is 19.4 Å². The Morgan fingerprint density at radius 1 is 1.75 bits per heavy atom. The fraction of sp³-hybridized carbons (Fsp3) is 0.833. The molecule has 2 heteroatoms. The van der Waals surface area contributed by atoms with E-state index in [1.165, 1.54) is 0 Å². The van der Waals surface area contributed by atoms with E-state index < -0.39 is 0 Å². The molecule has 0 amide bonds. The zero-order valence-corrected chi connectivity index (χ0v) is 4.88. The maximum atomic E-state index is 8.60. The highest BCUT2D eigenvalue weighted by Gasteiger charge is 2.05. The summed E-state index contributed by atoms with van der Waals surface area (Å²) in [6, 6.07) is 0. The van der Waals surface area contributed by atoms with Gasteiger partial charge in [0.05, 0.1) is 6.61 Å². The van der Waals surface area contributed by atoms with Gasteiger partial charge in [-0.15, -0.1) is 0 Å². The first-order chi connectivity index (χ1) is 3.93. The minimum atomic E-state index is 0.267. The lowest BCUT2D eigenvalue weighted by molar-refractivity contribution is 0.253. The number of aliphatic hydroxyl groups is 1. The normalized spacial score (nSPS) is 28.4. The van der Waals surface area contributed by atoms with Gasteiger partial charge in [0, 0.05) is 18.7 Å². The summed E-state index contributed by atoms with van der Waals surface area (Å²) in [4.78, 5) is 4.04. The standard InChI is InChI=1S/C6H11NO/c8-5-6-2-1-3-7-4-6/h4,6,8H,1-3,5H2/t6-/m0/s1. The van der Waals surface area contributed by atoms with Crippen LogP contribution in [-0.4, -0.2) is 24.5 Å². The molecule has 0 saturated heterocycles. The fourth-order valence-electron chi connectivity index (χ4n) is 0.881. The highest BCUT2D eigenvalue weighted by Crippen LogP contribution is 2.07. The Morgan fingerprint density at radius 3 is 3.00 bits per heavy atom. The molecule has 1 heterocycles. The Kier molecular flexibility index (Phi) is 2.03. The molecule has 0 unspecified atom stereocenters. The van der Waals surface area contributed by atoms with Gasteiger partial charge in [0.15, 0.2) is 0 Å². The topological polar surface area (TPSA) is 32.6 Å². The van der Waals surface area contributed by atoms with Gasteiger partial charge >= 0.3 is 0 Å². The lowest BCUT2D eigenvalue weighted by Crippen LogP contribution is -2.11. The number of nitrogens with zero attached hydrogens (tertiary/aromatic N) is 1. The predicted octanol–water partition coefficient (Wildman–Crippen LogP) is 0.460. The van der Waals surface area contributed by atoms with Gasteiger partial charge in [0.2, 0.25) is 0 Å². The maximum absolute atomic E-state index is 8.60. The largest absolute Gasteiger partial charge is 0.396 e. The Morgan fingerprint density at radius 2 is 2.62 bits per heavy atom. The molecular formula is C6H11NO. The second-order valence-corrected chi connectivity index (χ2v) is 2.14. The van der Waals surface area contributed by atoms with Crippen molar-refractivity contribution in [1.29, 1.82) is 0 Å². The van der Waals surface area contributed by atoms with Crippen molar-refractivity contribution in [2.75, 3.05) is 13.2 Å². The fourth-order valence-corrected chi connectivity index (χ4v) is 0.881. The average Bonchev–Trinajstić information content (AvgIpc) is 1.90. The molecule has 1 N–H and O–H groups in total. The highest BCUT2D eigenvalue weighted by atomic mass is 16.3. The molecule has 0 aromatic heterocycles. The Balaban J connectivity index is 2.32. The highest BCUT2D eigenvalue weighted by molar-refractivity contribution is 5.61. The first-order valence-corrected chi connectivity index (χ1v) is 3.04. The summed E-state index contributed by atoms with van der Waals surface area (Å²) in [7, 11) is 0. The average molecular weight is 113 g/mol. The minimum Gasteiger partial charge on any atom is -0.396 e. The molecule has 1 aliphatic rings. The summed E-state index contributed by atoms with van der Waals surface area (Å²) in [5.74, 6) is 0.351. The molecule has 8 heavy (non-hydrogen) atoms. The van der Waals surface area contributed by atoms with Crippen LogP contribution in [0.15, 0.2) is 4.99 Å². The summed E-state index contributed by atoms with van der Waals surface area (Å²) in [6.07, 6.45) is 4.12. The van der Waals surface area contributed by atoms with Crippen molar-refractivity contribution < 1.29 is 5.11 Å². The van der Waals surface area contributed by atoms with Crippen molar-refractivity contribution in [3.8, 4) is 0 Å². The minimum absolute atomic E-state index is 0.267. The third-order valence-electron chi connectivity index (χ3n) is 1.41. The van der Waals surface area contributed by atoms with Crippen molar-refractivity contribution in [2.45, 2.75) is 12.8 Å². The van der Waals surface area contributed by atoms with E-state index >= 15 is 0 Å². The van der Waals surface area contributed by atoms with Gasteiger partial charge in [-0.05, 0) is 12.8 Å². The molecule has 0 aromatic carbocycles. The molecular weight excluding hydrogens is 102 g/mol. The summed E-state index contributed by atoms with van der Waals surface area (Å²) in [6.45, 7) is 1.22. The first-order valence-electron chi connectivity index (χ1n) is 3.04. The molecule has 0 spiro atoms. The van der Waals surface area contributed by atoms with Crippen molar-refractivity contribution >= 4 is 6.21 Å². The second kappa shape index (κ2) is 2.82. The van der Waals surface area contributed by atoms with E-state index in [4.69, 9.17) is 5.11 Å². The van der Waals surface area contributed by atoms with Crippen molar-refractivity contribution in [2.24, 2.45) is 10.9 Å². The summed E-state index contributed by atoms with van der Waals surface area (Å²) in [5, 5.41) is 8.60. The van der Waals surface area contributed by atoms with E-state index in [-0.39, 0.29) is 6.61 Å². The van der Waals surface area contributed by atoms with Gasteiger partial charge in [-0.3, -0.25) is 4.99 Å². The van der Waals surface area contributed by atoms with Crippen molar-refractivity contribution in [1.82, 2.24) is 0 Å². The summed E-state index contributed by atoms with van der Waals surface area (Å²) < 4.78 is 0. The molecule has 0 radical (unpaired) electrons. The number of hydrogen-bond acceptors (Lipinski definition) is 2. The van der Waals surface area contributed by atoms with Crippen LogP contribution in [0.4, 0.5) is 0 Å². The monoisotopic (exact) mass is 113 g/mol. The van der Waals surface area contributed by atoms with E-state index in [2.05, 4.69) is 4.99 Å². The van der Waals surface area contributed by atoms with Gasteiger partial charge < -0.3 is 5.11 Å². The Labute approximate surface area is 49.2 Å². The van der Waals surface area contributed by atoms with Crippen molar-refractivity contribution in [3.63, 3.8) is 0 Å². The Hall–Kier alpha value is -0.370. The quantitative estimate of drug-likeness (QED) is 0.526. The van der Waals surface area contributed by atoms with E-state index in [9.17, 15) is 0 Å². The number of aliphatic hydroxyl groups excluding tert-OH is 1. The lowest BCUT2D eigenvalue weighted by atomic mass is 10.0. The molecule has 0 aliphatic carbocycles. The lowest BCUT2D eigenvalue weighted by Gasteiger charge is -2.10. The summed E-state index contributed by atoms with van der Waals surface area (Å²) >= 11 is 0. The SMILES string of the molecule is OC[C@@H]1C=NCCC1. The van der Waals surface area contributed by atoms with Gasteiger partial charge in [-0.25, -0.2) is 0 Å². The van der Waals surface area contributed by atoms with Crippen molar-refractivity contribution in [3.05, 3.63) is 0 Å². The molecule has 0 saturated carbocycles. The molecule has 0 bridgehead atoms. The molecule has 0 aromatic rings. The van der Waals surface area contributed by atoms with E-state index in [1.807, 2.05) is 6.21 Å². The van der Waals surface area contributed by atoms with Crippen LogP contribution < -0.4 is 0 Å². The molecule has 0 fully saturated rings. The van der Waals surface area contributed by atoms with Crippen LogP contribution in [0.2, 0.25) is 0 Å². The van der Waals surface area contributed by atoms with Crippen LogP contribution in [0.1, 0.15) is 12.8 Å². The number of aliphatic imine (C=N–C) groups is 1. The molecule has 46 valence electrons. The van der Waals surface area contributed by atoms with Crippen LogP contribution in [0, 0.1) is 5.92 Å².